The van der Waals surface area contributed by atoms with Crippen LogP contribution in [-0.2, 0) is 118 Å². The Kier molecular flexibility index (Phi) is 32.3. The van der Waals surface area contributed by atoms with Crippen LogP contribution in [0.1, 0.15) is 137 Å². The molecule has 8 atom stereocenters. The molecule has 49 heteroatoms. The van der Waals surface area contributed by atoms with Crippen LogP contribution in [0.25, 0.3) is 0 Å². The number of nitrogens with zero attached hydrogens (tertiary/aromatic N) is 4. The van der Waals surface area contributed by atoms with Gasteiger partial charge in [-0.2, -0.15) is 0 Å². The van der Waals surface area contributed by atoms with Gasteiger partial charge in [-0.15, -0.1) is 0 Å². The third-order valence-corrected chi connectivity index (χ3v) is 36.0. The third-order valence-electron chi connectivity index (χ3n) is 17.6. The van der Waals surface area contributed by atoms with Crippen molar-refractivity contribution in [3.63, 3.8) is 0 Å². The topological polar surface area (TPSA) is 619 Å². The number of benzene rings is 4. The smallest absolute Gasteiger partial charge is 0.434 e. The highest BCUT2D eigenvalue weighted by Gasteiger charge is 2.71. The largest absolute Gasteiger partial charge is 0.513 e. The number of esters is 3. The highest BCUT2D eigenvalue weighted by molar-refractivity contribution is 7.75. The minimum Gasteiger partial charge on any atom is -0.434 e. The Morgan fingerprint density at radius 3 is 0.902 bits per heavy atom. The van der Waals surface area contributed by atoms with Gasteiger partial charge in [-0.25, -0.2) is 4.79 Å². The maximum atomic E-state index is 12.9. The lowest BCUT2D eigenvalue weighted by molar-refractivity contribution is -0.136. The van der Waals surface area contributed by atoms with Gasteiger partial charge < -0.3 is 83.3 Å². The standard InChI is InChI=1S/2C19H23NO9P2.C18H21NO9P2.C17H19NO10P2/c1-13(2)10-17(21)27-16-7-5-15(6-8-16)18-28-30(23,24)19(22,31(25,26)29-18)11-14-4-3-9-20-12-14;1-13(2)10-17(21)27-16-8-4-3-7-15(16)18-28-30(23,24)19(22,31(25,26)29-18)11-14-6-5-9-20-12-14;1-2-6-16(20)26-15-9-4-3-8-14(15)17-27-29(22,23)18(21,30(24,25)28-17)11-13-7-5-10-19-12-13;1-2-25-16(19)26-14-7-5-13(6-8-14)15-27-29(21,22)17(20,30(23,24)28-15)10-12-4-3-9-18-11-12/h2*3-9,12-13,18,22H,10-11H2,1-2H3,(H,23,24)(H,25,26);3-5,7-10,12,17,21H,2,6,11H2,1H3,(H,22,23)(H,24,25);3-9,11,15,20H,2,10H2,1H3,(H,21,22)(H,23,24). The molecule has 0 amide bonds. The van der Waals surface area contributed by atoms with E-state index in [4.69, 9.17) is 55.1 Å². The van der Waals surface area contributed by atoms with Crippen molar-refractivity contribution in [2.45, 2.75) is 138 Å². The lowest BCUT2D eigenvalue weighted by Gasteiger charge is -2.41. The molecule has 4 aromatic carbocycles. The summed E-state index contributed by atoms with van der Waals surface area (Å²) in [5.74, 6) is -1.20. The van der Waals surface area contributed by atoms with E-state index < -0.39 is 156 Å². The highest BCUT2D eigenvalue weighted by Crippen LogP contribution is 2.83. The van der Waals surface area contributed by atoms with E-state index in [2.05, 4.69) is 24.7 Å². The van der Waals surface area contributed by atoms with E-state index in [0.29, 0.717) is 6.42 Å². The van der Waals surface area contributed by atoms with E-state index in [0.717, 1.165) is 0 Å². The van der Waals surface area contributed by atoms with Crippen molar-refractivity contribution >= 4 is 84.8 Å². The summed E-state index contributed by atoms with van der Waals surface area (Å²) in [4.78, 5) is 145. The average Bonchev–Trinajstić information content (AvgIpc) is 0.741. The molecule has 0 bridgehead atoms. The predicted octanol–water partition coefficient (Wildman–Crippen LogP) is 12.7. The van der Waals surface area contributed by atoms with Gasteiger partial charge in [-0.05, 0) is 108 Å². The molecule has 0 radical (unpaired) electrons. The summed E-state index contributed by atoms with van der Waals surface area (Å²) in [5.41, 5.74) is 1.03. The molecule has 4 aliphatic rings. The second-order valence-corrected chi connectivity index (χ2v) is 45.3. The third kappa shape index (κ3) is 23.3. The summed E-state index contributed by atoms with van der Waals surface area (Å²) in [7, 11) is -40.8. The molecule has 8 aromatic rings. The van der Waals surface area contributed by atoms with Crippen molar-refractivity contribution in [3.8, 4) is 23.0 Å². The zero-order valence-electron chi connectivity index (χ0n) is 65.2. The monoisotopic (exact) mass is 1860 g/mol. The molecular formula is C73H86N4O37P8. The summed E-state index contributed by atoms with van der Waals surface area (Å²) in [6.07, 6.45) is 1.08. The normalized spacial score (nSPS) is 31.0. The van der Waals surface area contributed by atoms with E-state index in [9.17, 15) is 115 Å². The molecule has 660 valence electrons. The number of hydrogen-bond donors (Lipinski definition) is 12. The molecule has 12 rings (SSSR count). The van der Waals surface area contributed by atoms with Gasteiger partial charge in [0.15, 0.2) is 0 Å². The fourth-order valence-corrected chi connectivity index (χ4v) is 25.6. The van der Waals surface area contributed by atoms with Crippen LogP contribution in [0.4, 0.5) is 4.79 Å². The molecule has 41 nitrogen and oxygen atoms in total. The van der Waals surface area contributed by atoms with E-state index in [1.54, 1.807) is 19.9 Å². The van der Waals surface area contributed by atoms with Crippen molar-refractivity contribution < 1.29 is 175 Å². The van der Waals surface area contributed by atoms with Gasteiger partial charge in [0.05, 0.1) is 17.7 Å². The van der Waals surface area contributed by atoms with E-state index in [1.165, 1.54) is 189 Å². The number of para-hydroxylation sites is 2. The van der Waals surface area contributed by atoms with Gasteiger partial charge in [0, 0.05) is 106 Å². The number of ether oxygens (including phenoxy) is 5. The van der Waals surface area contributed by atoms with Gasteiger partial charge in [0.25, 0.3) is 20.3 Å². The van der Waals surface area contributed by atoms with Crippen LogP contribution in [0.15, 0.2) is 195 Å². The Hall–Kier alpha value is -7.80. The minimum absolute atomic E-state index is 0.0274. The van der Waals surface area contributed by atoms with Crippen LogP contribution in [0.2, 0.25) is 0 Å². The first kappa shape index (κ1) is 98.0. The fourth-order valence-electron chi connectivity index (χ4n) is 11.4. The number of rotatable bonds is 23. The molecule has 8 heterocycles. The van der Waals surface area contributed by atoms with Crippen molar-refractivity contribution in [2.24, 2.45) is 11.8 Å². The molecule has 0 spiro atoms. The summed E-state index contributed by atoms with van der Waals surface area (Å²) in [6, 6.07) is 34.1. The maximum absolute atomic E-state index is 12.9. The molecule has 12 N–H and O–H groups in total. The molecule has 4 fully saturated rings. The molecular weight excluding hydrogens is 1770 g/mol. The molecule has 122 heavy (non-hydrogen) atoms. The summed E-state index contributed by atoms with van der Waals surface area (Å²) in [5, 5.41) is 30.5. The van der Waals surface area contributed by atoms with Gasteiger partial charge in [-0.1, -0.05) is 120 Å². The first-order chi connectivity index (χ1) is 57.1. The zero-order chi connectivity index (χ0) is 89.7. The highest BCUT2D eigenvalue weighted by atomic mass is 31.3. The number of aromatic nitrogens is 4. The number of aliphatic hydroxyl groups is 4. The van der Waals surface area contributed by atoms with E-state index in [-0.39, 0.29) is 105 Å². The van der Waals surface area contributed by atoms with Crippen LogP contribution < -0.4 is 18.9 Å². The fraction of sp³-hybridized carbons (Fsp3) is 0.342. The number of hydrogen-bond acceptors (Lipinski definition) is 33. The van der Waals surface area contributed by atoms with Gasteiger partial charge in [0.2, 0.25) is 25.2 Å². The molecule has 4 aliphatic heterocycles. The lowest BCUT2D eigenvalue weighted by Crippen LogP contribution is -2.38. The van der Waals surface area contributed by atoms with Gasteiger partial charge >= 0.3 is 84.8 Å². The number of carbonyl (C=O) groups is 4. The summed E-state index contributed by atoms with van der Waals surface area (Å²) in [6.45, 7) is 10.9. The Morgan fingerprint density at radius 1 is 0.361 bits per heavy atom. The quantitative estimate of drug-likeness (QED) is 0.0122. The molecule has 4 saturated heterocycles. The average molecular weight is 1860 g/mol. The second kappa shape index (κ2) is 40.2. The van der Waals surface area contributed by atoms with Crippen molar-refractivity contribution in [3.05, 3.63) is 240 Å². The van der Waals surface area contributed by atoms with Crippen molar-refractivity contribution in [1.29, 1.82) is 0 Å². The van der Waals surface area contributed by atoms with Crippen LogP contribution >= 0.6 is 60.8 Å². The maximum Gasteiger partial charge on any atom is 0.513 e. The van der Waals surface area contributed by atoms with E-state index in [1.807, 2.05) is 27.7 Å². The lowest BCUT2D eigenvalue weighted by atomic mass is 10.1. The Bertz CT molecular complexity index is 5300. The molecule has 0 aliphatic carbocycles. The number of pyridine rings is 4. The van der Waals surface area contributed by atoms with Crippen LogP contribution in [0.5, 0.6) is 23.0 Å². The summed E-state index contributed by atoms with van der Waals surface area (Å²) >= 11 is 0. The first-order valence-electron chi connectivity index (χ1n) is 36.5. The Morgan fingerprint density at radius 2 is 0.631 bits per heavy atom. The summed E-state index contributed by atoms with van der Waals surface area (Å²) < 4.78 is 168. The predicted molar refractivity (Wildman–Crippen MR) is 424 cm³/mol. The van der Waals surface area contributed by atoms with Crippen LogP contribution in [0, 0.1) is 11.8 Å². The van der Waals surface area contributed by atoms with Crippen LogP contribution in [0.3, 0.4) is 0 Å². The van der Waals surface area contributed by atoms with Gasteiger partial charge in [0.1, 0.15) is 23.0 Å². The molecule has 4 aromatic heterocycles. The molecule has 8 unspecified atom stereocenters. The SMILES string of the molecule is CC(C)CC(=O)Oc1ccc(C2OP(=O)(O)C(O)(Cc3cccnc3)P(=O)(O)O2)cc1.CC(C)CC(=O)Oc1ccccc1C1OP(=O)(O)C(O)(Cc2cccnc2)P(=O)(O)O1.CCCC(=O)Oc1ccccc1C1OP(=O)(O)C(O)(Cc2cccnc2)P(=O)(O)O1.CCOC(=O)Oc1ccc(C2OP(=O)(O)C(O)(Cc3cccnc3)P(=O)(O)O2)cc1. The zero-order valence-corrected chi connectivity index (χ0v) is 72.4. The first-order valence-corrected chi connectivity index (χ1v) is 49.1. The minimum atomic E-state index is -5.14. The second-order valence-electron chi connectivity index (χ2n) is 28.0. The number of carbonyl (C=O) groups excluding carboxylic acids is 4. The van der Waals surface area contributed by atoms with Crippen molar-refractivity contribution in [2.75, 3.05) is 6.61 Å². The Labute approximate surface area is 696 Å². The Balaban J connectivity index is 0.000000185. The molecule has 0 saturated carbocycles. The van der Waals surface area contributed by atoms with Crippen LogP contribution in [-0.4, -0.2) is 131 Å². The van der Waals surface area contributed by atoms with E-state index >= 15 is 0 Å². The van der Waals surface area contributed by atoms with Crippen molar-refractivity contribution in [1.82, 2.24) is 19.9 Å². The van der Waals surface area contributed by atoms with Gasteiger partial charge in [-0.3, -0.25) is 107 Å².